The predicted octanol–water partition coefficient (Wildman–Crippen LogP) is 4.94. The van der Waals surface area contributed by atoms with Gasteiger partial charge in [0.2, 0.25) is 0 Å². The lowest BCUT2D eigenvalue weighted by Crippen LogP contribution is -2.12. The van der Waals surface area contributed by atoms with Crippen LogP contribution in [0.25, 0.3) is 0 Å². The Hall–Kier alpha value is 0.110. The van der Waals surface area contributed by atoms with Crippen LogP contribution in [0.5, 0.6) is 0 Å². The van der Waals surface area contributed by atoms with Gasteiger partial charge in [0.15, 0.2) is 0 Å². The molecule has 0 amide bonds. The van der Waals surface area contributed by atoms with Crippen molar-refractivity contribution in [3.8, 4) is 0 Å². The zero-order valence-corrected chi connectivity index (χ0v) is 12.1. The summed E-state index contributed by atoms with van der Waals surface area (Å²) in [5, 5.41) is 0. The number of halogens is 3. The molecule has 1 aromatic carbocycles. The van der Waals surface area contributed by atoms with Crippen LogP contribution < -0.4 is 0 Å². The minimum absolute atomic E-state index is 0.172. The van der Waals surface area contributed by atoms with Crippen LogP contribution >= 0.6 is 31.9 Å². The number of benzene rings is 1. The first-order valence-electron chi connectivity index (χ1n) is 5.12. The van der Waals surface area contributed by atoms with Crippen molar-refractivity contribution in [2.45, 2.75) is 31.5 Å². The fourth-order valence-electron chi connectivity index (χ4n) is 1.63. The minimum atomic E-state index is -0.172. The maximum Gasteiger partial charge on any atom is 0.124 e. The molecule has 0 spiro atoms. The molecular formula is C12H15Br2F. The van der Waals surface area contributed by atoms with Gasteiger partial charge in [-0.2, -0.15) is 0 Å². The van der Waals surface area contributed by atoms with Crippen molar-refractivity contribution in [1.82, 2.24) is 0 Å². The first-order chi connectivity index (χ1) is 7.02. The molecule has 0 aliphatic rings. The SMILES string of the molecule is CCC(Br)C(C)Cc1cc(F)cc(Br)c1. The van der Waals surface area contributed by atoms with E-state index in [9.17, 15) is 4.39 Å². The van der Waals surface area contributed by atoms with E-state index in [-0.39, 0.29) is 5.82 Å². The quantitative estimate of drug-likeness (QED) is 0.682. The third kappa shape index (κ3) is 4.23. The van der Waals surface area contributed by atoms with E-state index < -0.39 is 0 Å². The monoisotopic (exact) mass is 336 g/mol. The Bertz CT molecular complexity index is 305. The maximum atomic E-state index is 13.1. The molecule has 2 atom stereocenters. The Morgan fingerprint density at radius 2 is 2.00 bits per heavy atom. The van der Waals surface area contributed by atoms with Crippen molar-refractivity contribution >= 4 is 31.9 Å². The molecule has 0 N–H and O–H groups in total. The van der Waals surface area contributed by atoms with Gasteiger partial charge in [0, 0.05) is 9.30 Å². The van der Waals surface area contributed by atoms with Gasteiger partial charge in [-0.15, -0.1) is 0 Å². The zero-order chi connectivity index (χ0) is 11.4. The summed E-state index contributed by atoms with van der Waals surface area (Å²) in [5.41, 5.74) is 1.05. The Balaban J connectivity index is 2.72. The minimum Gasteiger partial charge on any atom is -0.207 e. The second-order valence-corrected chi connectivity index (χ2v) is 5.98. The second-order valence-electron chi connectivity index (χ2n) is 3.88. The first kappa shape index (κ1) is 13.2. The van der Waals surface area contributed by atoms with Gasteiger partial charge in [0.05, 0.1) is 0 Å². The molecule has 0 bridgehead atoms. The van der Waals surface area contributed by atoms with Crippen LogP contribution in [0.2, 0.25) is 0 Å². The average Bonchev–Trinajstić information content (AvgIpc) is 2.14. The van der Waals surface area contributed by atoms with Crippen LogP contribution in [0.1, 0.15) is 25.8 Å². The van der Waals surface area contributed by atoms with Crippen LogP contribution in [-0.2, 0) is 6.42 Å². The molecule has 15 heavy (non-hydrogen) atoms. The fourth-order valence-corrected chi connectivity index (χ4v) is 2.33. The van der Waals surface area contributed by atoms with Gasteiger partial charge >= 0.3 is 0 Å². The third-order valence-electron chi connectivity index (χ3n) is 2.49. The molecule has 0 radical (unpaired) electrons. The van der Waals surface area contributed by atoms with Gasteiger partial charge in [-0.25, -0.2) is 4.39 Å². The molecule has 0 nitrogen and oxygen atoms in total. The van der Waals surface area contributed by atoms with Gasteiger partial charge in [-0.1, -0.05) is 45.7 Å². The van der Waals surface area contributed by atoms with Crippen LogP contribution in [0.3, 0.4) is 0 Å². The summed E-state index contributed by atoms with van der Waals surface area (Å²) in [7, 11) is 0. The summed E-state index contributed by atoms with van der Waals surface area (Å²) < 4.78 is 13.9. The summed E-state index contributed by atoms with van der Waals surface area (Å²) in [6.07, 6.45) is 2.00. The molecule has 0 saturated carbocycles. The lowest BCUT2D eigenvalue weighted by atomic mass is 9.97. The van der Waals surface area contributed by atoms with E-state index in [2.05, 4.69) is 45.7 Å². The molecular weight excluding hydrogens is 323 g/mol. The van der Waals surface area contributed by atoms with Crippen LogP contribution in [0, 0.1) is 11.7 Å². The van der Waals surface area contributed by atoms with Crippen molar-refractivity contribution in [2.75, 3.05) is 0 Å². The van der Waals surface area contributed by atoms with Crippen LogP contribution in [-0.4, -0.2) is 4.83 Å². The number of hydrogen-bond donors (Lipinski definition) is 0. The largest absolute Gasteiger partial charge is 0.207 e. The molecule has 1 aromatic rings. The highest BCUT2D eigenvalue weighted by Crippen LogP contribution is 2.23. The van der Waals surface area contributed by atoms with E-state index in [0.717, 1.165) is 22.9 Å². The highest BCUT2D eigenvalue weighted by molar-refractivity contribution is 9.10. The summed E-state index contributed by atoms with van der Waals surface area (Å²) in [6.45, 7) is 4.33. The predicted molar refractivity (Wildman–Crippen MR) is 70.0 cm³/mol. The number of hydrogen-bond acceptors (Lipinski definition) is 0. The van der Waals surface area contributed by atoms with Gasteiger partial charge in [-0.3, -0.25) is 0 Å². The van der Waals surface area contributed by atoms with E-state index in [4.69, 9.17) is 0 Å². The summed E-state index contributed by atoms with van der Waals surface area (Å²) in [6, 6.07) is 5.07. The molecule has 1 rings (SSSR count). The van der Waals surface area contributed by atoms with Crippen LogP contribution in [0.15, 0.2) is 22.7 Å². The van der Waals surface area contributed by atoms with Gasteiger partial charge in [0.25, 0.3) is 0 Å². The Morgan fingerprint density at radius 1 is 1.33 bits per heavy atom. The first-order valence-corrected chi connectivity index (χ1v) is 6.82. The fraction of sp³-hybridized carbons (Fsp3) is 0.500. The smallest absolute Gasteiger partial charge is 0.124 e. The van der Waals surface area contributed by atoms with E-state index >= 15 is 0 Å². The topological polar surface area (TPSA) is 0 Å². The average molecular weight is 338 g/mol. The highest BCUT2D eigenvalue weighted by Gasteiger charge is 2.13. The standard InChI is InChI=1S/C12H15Br2F/c1-3-12(14)8(2)4-9-5-10(13)7-11(15)6-9/h5-8,12H,3-4H2,1-2H3. The summed E-state index contributed by atoms with van der Waals surface area (Å²) in [4.78, 5) is 0.500. The molecule has 0 aliphatic carbocycles. The summed E-state index contributed by atoms with van der Waals surface area (Å²) >= 11 is 6.94. The molecule has 0 heterocycles. The van der Waals surface area contributed by atoms with Crippen molar-refractivity contribution in [3.05, 3.63) is 34.1 Å². The van der Waals surface area contributed by atoms with Gasteiger partial charge in [0.1, 0.15) is 5.82 Å². The van der Waals surface area contributed by atoms with Gasteiger partial charge in [-0.05, 0) is 42.5 Å². The van der Waals surface area contributed by atoms with E-state index in [1.165, 1.54) is 6.07 Å². The lowest BCUT2D eigenvalue weighted by molar-refractivity contribution is 0.542. The van der Waals surface area contributed by atoms with Crippen molar-refractivity contribution < 1.29 is 4.39 Å². The van der Waals surface area contributed by atoms with Crippen molar-refractivity contribution in [1.29, 1.82) is 0 Å². The third-order valence-corrected chi connectivity index (χ3v) is 4.50. The second kappa shape index (κ2) is 6.00. The lowest BCUT2D eigenvalue weighted by Gasteiger charge is -2.16. The van der Waals surface area contributed by atoms with Crippen molar-refractivity contribution in [2.24, 2.45) is 5.92 Å². The molecule has 0 aliphatic heterocycles. The Labute approximate surface area is 108 Å². The molecule has 0 fully saturated rings. The highest BCUT2D eigenvalue weighted by atomic mass is 79.9. The Kier molecular flexibility index (Phi) is 5.27. The Morgan fingerprint density at radius 3 is 2.53 bits per heavy atom. The molecule has 84 valence electrons. The van der Waals surface area contributed by atoms with Crippen molar-refractivity contribution in [3.63, 3.8) is 0 Å². The maximum absolute atomic E-state index is 13.1. The zero-order valence-electron chi connectivity index (χ0n) is 8.93. The normalized spacial score (nSPS) is 15.0. The number of alkyl halides is 1. The van der Waals surface area contributed by atoms with E-state index in [0.29, 0.717) is 10.7 Å². The van der Waals surface area contributed by atoms with E-state index in [1.807, 2.05) is 6.07 Å². The summed E-state index contributed by atoms with van der Waals surface area (Å²) in [5.74, 6) is 0.345. The number of rotatable bonds is 4. The molecule has 2 unspecified atom stereocenters. The molecule has 3 heteroatoms. The molecule has 0 aromatic heterocycles. The molecule has 0 saturated heterocycles. The van der Waals surface area contributed by atoms with E-state index in [1.54, 1.807) is 6.07 Å². The van der Waals surface area contributed by atoms with Gasteiger partial charge < -0.3 is 0 Å². The van der Waals surface area contributed by atoms with Crippen LogP contribution in [0.4, 0.5) is 4.39 Å².